The number of unbranched alkanes of at least 4 members (excludes halogenated alkanes) is 14. The molecular formula is C25H52N2. The lowest BCUT2D eigenvalue weighted by Crippen LogP contribution is -2.50. The van der Waals surface area contributed by atoms with Crippen molar-refractivity contribution >= 4 is 0 Å². The zero-order valence-electron chi connectivity index (χ0n) is 19.8. The highest BCUT2D eigenvalue weighted by molar-refractivity contribution is 5.05. The molecule has 2 heteroatoms. The molecule has 1 aliphatic heterocycles. The highest BCUT2D eigenvalue weighted by Gasteiger charge is 2.47. The maximum Gasteiger partial charge on any atom is 0.0688 e. The van der Waals surface area contributed by atoms with Gasteiger partial charge in [-0.2, -0.15) is 0 Å². The summed E-state index contributed by atoms with van der Waals surface area (Å²) >= 11 is 0. The molecule has 0 spiro atoms. The molecular weight excluding hydrogens is 328 g/mol. The summed E-state index contributed by atoms with van der Waals surface area (Å²) < 4.78 is 0. The van der Waals surface area contributed by atoms with Crippen LogP contribution in [0.1, 0.15) is 137 Å². The fraction of sp³-hybridized carbons (Fsp3) is 1.00. The predicted octanol–water partition coefficient (Wildman–Crippen LogP) is 7.67. The van der Waals surface area contributed by atoms with E-state index in [0.717, 1.165) is 0 Å². The van der Waals surface area contributed by atoms with Gasteiger partial charge in [-0.1, -0.05) is 103 Å². The van der Waals surface area contributed by atoms with E-state index in [1.165, 1.54) is 103 Å². The standard InChI is InChI=1S/C25H52N2/c1-7-8-9-10-11-12-13-14-15-16-17-18-19-20-21-22-25(5)26-24(3,4)23(2)27(25)6/h23,26H,7-22H2,1-6H3. The van der Waals surface area contributed by atoms with Crippen LogP contribution in [0.25, 0.3) is 0 Å². The third kappa shape index (κ3) is 9.31. The summed E-state index contributed by atoms with van der Waals surface area (Å²) in [6.45, 7) is 11.7. The van der Waals surface area contributed by atoms with Crippen LogP contribution in [0.3, 0.4) is 0 Å². The molecule has 0 saturated carbocycles. The summed E-state index contributed by atoms with van der Waals surface area (Å²) in [5, 5.41) is 3.88. The van der Waals surface area contributed by atoms with Crippen LogP contribution in [-0.2, 0) is 0 Å². The summed E-state index contributed by atoms with van der Waals surface area (Å²) in [6, 6.07) is 0.596. The molecule has 0 aromatic carbocycles. The molecule has 1 fully saturated rings. The average molecular weight is 381 g/mol. The largest absolute Gasteiger partial charge is 0.293 e. The molecule has 0 amide bonds. The second-order valence-corrected chi connectivity index (χ2v) is 10.1. The molecule has 1 rings (SSSR count). The van der Waals surface area contributed by atoms with Crippen molar-refractivity contribution in [3.8, 4) is 0 Å². The SMILES string of the molecule is CCCCCCCCCCCCCCCCCC1(C)NC(C)(C)C(C)N1C. The van der Waals surface area contributed by atoms with Crippen molar-refractivity contribution in [3.63, 3.8) is 0 Å². The van der Waals surface area contributed by atoms with Gasteiger partial charge in [-0.15, -0.1) is 0 Å². The Morgan fingerprint density at radius 3 is 1.37 bits per heavy atom. The highest BCUT2D eigenvalue weighted by atomic mass is 15.4. The van der Waals surface area contributed by atoms with E-state index in [0.29, 0.717) is 6.04 Å². The smallest absolute Gasteiger partial charge is 0.0688 e. The van der Waals surface area contributed by atoms with Crippen LogP contribution in [-0.4, -0.2) is 29.2 Å². The number of rotatable bonds is 16. The van der Waals surface area contributed by atoms with Gasteiger partial charge in [0.1, 0.15) is 0 Å². The summed E-state index contributed by atoms with van der Waals surface area (Å²) in [7, 11) is 2.29. The summed E-state index contributed by atoms with van der Waals surface area (Å²) in [5.41, 5.74) is 0.401. The normalized spacial score (nSPS) is 25.3. The quantitative estimate of drug-likeness (QED) is 0.276. The Kier molecular flexibility index (Phi) is 12.2. The molecule has 0 aromatic rings. The van der Waals surface area contributed by atoms with E-state index in [1.54, 1.807) is 0 Å². The Hall–Kier alpha value is -0.0800. The van der Waals surface area contributed by atoms with E-state index >= 15 is 0 Å². The van der Waals surface area contributed by atoms with Gasteiger partial charge in [0.15, 0.2) is 0 Å². The van der Waals surface area contributed by atoms with Gasteiger partial charge in [-0.3, -0.25) is 10.2 Å². The van der Waals surface area contributed by atoms with Crippen molar-refractivity contribution in [2.24, 2.45) is 0 Å². The van der Waals surface area contributed by atoms with Gasteiger partial charge in [0.25, 0.3) is 0 Å². The van der Waals surface area contributed by atoms with Crippen LogP contribution in [0.5, 0.6) is 0 Å². The van der Waals surface area contributed by atoms with Crippen LogP contribution in [0.4, 0.5) is 0 Å². The fourth-order valence-corrected chi connectivity index (χ4v) is 4.88. The minimum Gasteiger partial charge on any atom is -0.293 e. The maximum atomic E-state index is 3.88. The molecule has 2 nitrogen and oxygen atoms in total. The van der Waals surface area contributed by atoms with Crippen LogP contribution >= 0.6 is 0 Å². The molecule has 1 saturated heterocycles. The number of hydrogen-bond donors (Lipinski definition) is 1. The zero-order valence-corrected chi connectivity index (χ0v) is 19.8. The highest BCUT2D eigenvalue weighted by Crippen LogP contribution is 2.34. The molecule has 27 heavy (non-hydrogen) atoms. The van der Waals surface area contributed by atoms with Crippen LogP contribution < -0.4 is 5.32 Å². The van der Waals surface area contributed by atoms with Crippen LogP contribution in [0.15, 0.2) is 0 Å². The van der Waals surface area contributed by atoms with E-state index in [1.807, 2.05) is 0 Å². The Morgan fingerprint density at radius 1 is 0.667 bits per heavy atom. The van der Waals surface area contributed by atoms with Crippen molar-refractivity contribution in [3.05, 3.63) is 0 Å². The van der Waals surface area contributed by atoms with Gasteiger partial charge in [-0.25, -0.2) is 0 Å². The van der Waals surface area contributed by atoms with E-state index < -0.39 is 0 Å². The van der Waals surface area contributed by atoms with Crippen molar-refractivity contribution in [1.29, 1.82) is 0 Å². The number of hydrogen-bond acceptors (Lipinski definition) is 2. The van der Waals surface area contributed by atoms with Gasteiger partial charge in [0.2, 0.25) is 0 Å². The minimum atomic E-state index is 0.180. The van der Waals surface area contributed by atoms with Gasteiger partial charge in [0, 0.05) is 11.6 Å². The maximum absolute atomic E-state index is 3.88. The van der Waals surface area contributed by atoms with E-state index in [4.69, 9.17) is 0 Å². The monoisotopic (exact) mass is 380 g/mol. The molecule has 0 radical (unpaired) electrons. The van der Waals surface area contributed by atoms with Crippen LogP contribution in [0.2, 0.25) is 0 Å². The van der Waals surface area contributed by atoms with Gasteiger partial charge in [-0.05, 0) is 41.2 Å². The first kappa shape index (κ1) is 25.0. The lowest BCUT2D eigenvalue weighted by atomic mass is 9.98. The van der Waals surface area contributed by atoms with Crippen molar-refractivity contribution in [2.45, 2.75) is 155 Å². The molecule has 0 aromatic heterocycles. The van der Waals surface area contributed by atoms with E-state index in [9.17, 15) is 0 Å². The fourth-order valence-electron chi connectivity index (χ4n) is 4.88. The first-order valence-corrected chi connectivity index (χ1v) is 12.4. The Labute approximate surface area is 172 Å². The molecule has 162 valence electrons. The number of likely N-dealkylation sites (N-methyl/N-ethyl adjacent to an activating group) is 1. The van der Waals surface area contributed by atoms with Crippen LogP contribution in [0, 0.1) is 0 Å². The second kappa shape index (κ2) is 13.2. The molecule has 1 heterocycles. The summed E-state index contributed by atoms with van der Waals surface area (Å²) in [4.78, 5) is 2.55. The predicted molar refractivity (Wildman–Crippen MR) is 122 cm³/mol. The molecule has 0 bridgehead atoms. The van der Waals surface area contributed by atoms with E-state index in [-0.39, 0.29) is 11.2 Å². The average Bonchev–Trinajstić information content (AvgIpc) is 2.78. The third-order valence-electron chi connectivity index (χ3n) is 7.26. The molecule has 2 unspecified atom stereocenters. The molecule has 1 aliphatic rings. The van der Waals surface area contributed by atoms with E-state index in [2.05, 4.69) is 51.9 Å². The second-order valence-electron chi connectivity index (χ2n) is 10.1. The molecule has 1 N–H and O–H groups in total. The molecule has 2 atom stereocenters. The summed E-state index contributed by atoms with van der Waals surface area (Å²) in [5.74, 6) is 0. The van der Waals surface area contributed by atoms with Gasteiger partial charge >= 0.3 is 0 Å². The Bertz CT molecular complexity index is 365. The number of nitrogens with zero attached hydrogens (tertiary/aromatic N) is 1. The minimum absolute atomic E-state index is 0.180. The topological polar surface area (TPSA) is 15.3 Å². The van der Waals surface area contributed by atoms with Crippen molar-refractivity contribution in [2.75, 3.05) is 7.05 Å². The summed E-state index contributed by atoms with van der Waals surface area (Å²) in [6.07, 6.45) is 22.9. The Balaban J connectivity index is 1.90. The first-order chi connectivity index (χ1) is 12.8. The number of nitrogens with one attached hydrogen (secondary N) is 1. The lowest BCUT2D eigenvalue weighted by molar-refractivity contribution is 0.128. The van der Waals surface area contributed by atoms with Gasteiger partial charge < -0.3 is 0 Å². The van der Waals surface area contributed by atoms with Crippen molar-refractivity contribution in [1.82, 2.24) is 10.2 Å². The molecule has 0 aliphatic carbocycles. The third-order valence-corrected chi connectivity index (χ3v) is 7.26. The lowest BCUT2D eigenvalue weighted by Gasteiger charge is -2.34. The Morgan fingerprint density at radius 2 is 1.04 bits per heavy atom. The van der Waals surface area contributed by atoms with Crippen molar-refractivity contribution < 1.29 is 0 Å². The first-order valence-electron chi connectivity index (χ1n) is 12.4. The zero-order chi connectivity index (χ0) is 20.2. The van der Waals surface area contributed by atoms with Gasteiger partial charge in [0.05, 0.1) is 5.66 Å².